The second-order valence-corrected chi connectivity index (χ2v) is 4.91. The Balaban J connectivity index is 1.81. The largest absolute Gasteiger partial charge is 0.392 e. The number of imidazole rings is 1. The van der Waals surface area contributed by atoms with Crippen molar-refractivity contribution >= 4 is 5.69 Å². The zero-order valence-corrected chi connectivity index (χ0v) is 10.8. The number of hydrogen-bond acceptors (Lipinski definition) is 4. The molecule has 0 aromatic carbocycles. The average Bonchev–Trinajstić information content (AvgIpc) is 3.01. The molecule has 0 amide bonds. The number of hydrogen-bond donors (Lipinski definition) is 1. The minimum absolute atomic E-state index is 0.0371. The molecular weight excluding hydrogens is 240 g/mol. The molecule has 5 nitrogen and oxygen atoms in total. The van der Waals surface area contributed by atoms with Gasteiger partial charge in [0.05, 0.1) is 19.0 Å². The zero-order chi connectivity index (χ0) is 13.1. The first kappa shape index (κ1) is 12.2. The fourth-order valence-electron chi connectivity index (χ4n) is 2.75. The van der Waals surface area contributed by atoms with Gasteiger partial charge in [0.2, 0.25) is 0 Å². The lowest BCUT2D eigenvalue weighted by atomic mass is 10.0. The first-order chi connectivity index (χ1) is 9.38. The summed E-state index contributed by atoms with van der Waals surface area (Å²) < 4.78 is 2.17. The van der Waals surface area contributed by atoms with E-state index in [1.807, 2.05) is 24.8 Å². The van der Waals surface area contributed by atoms with Crippen molar-refractivity contribution in [1.29, 1.82) is 0 Å². The number of nitrogens with zero attached hydrogens (tertiary/aromatic N) is 4. The molecule has 1 atom stereocenters. The molecule has 100 valence electrons. The molecule has 1 fully saturated rings. The van der Waals surface area contributed by atoms with Crippen molar-refractivity contribution in [3.8, 4) is 0 Å². The molecule has 5 heteroatoms. The standard InChI is InChI=1S/C14H18N4O/c19-10-12-8-15-4-3-14(12)17-6-1-2-13(9-17)18-7-5-16-11-18/h3-5,7-8,11,13,19H,1-2,6,9-10H2. The summed E-state index contributed by atoms with van der Waals surface area (Å²) in [6.45, 7) is 2.02. The molecule has 2 aromatic heterocycles. The van der Waals surface area contributed by atoms with Crippen LogP contribution in [0, 0.1) is 0 Å². The Labute approximate surface area is 112 Å². The molecule has 0 spiro atoms. The summed E-state index contributed by atoms with van der Waals surface area (Å²) in [6.07, 6.45) is 11.6. The SMILES string of the molecule is OCc1cnccc1N1CCCC(n2ccnc2)C1. The number of anilines is 1. The smallest absolute Gasteiger partial charge is 0.0949 e. The van der Waals surface area contributed by atoms with Gasteiger partial charge in [0.25, 0.3) is 0 Å². The Morgan fingerprint density at radius 3 is 3.05 bits per heavy atom. The monoisotopic (exact) mass is 258 g/mol. The maximum Gasteiger partial charge on any atom is 0.0949 e. The lowest BCUT2D eigenvalue weighted by molar-refractivity contribution is 0.281. The fourth-order valence-corrected chi connectivity index (χ4v) is 2.75. The van der Waals surface area contributed by atoms with Crippen molar-refractivity contribution in [2.45, 2.75) is 25.5 Å². The van der Waals surface area contributed by atoms with Crippen LogP contribution >= 0.6 is 0 Å². The molecule has 0 saturated carbocycles. The summed E-state index contributed by atoms with van der Waals surface area (Å²) in [5.41, 5.74) is 2.00. The van der Waals surface area contributed by atoms with Gasteiger partial charge in [-0.1, -0.05) is 0 Å². The molecule has 0 bridgehead atoms. The van der Waals surface area contributed by atoms with E-state index in [0.29, 0.717) is 6.04 Å². The van der Waals surface area contributed by atoms with Crippen LogP contribution in [-0.2, 0) is 6.61 Å². The molecule has 19 heavy (non-hydrogen) atoms. The molecule has 0 radical (unpaired) electrons. The summed E-state index contributed by atoms with van der Waals surface area (Å²) in [5, 5.41) is 9.42. The summed E-state index contributed by atoms with van der Waals surface area (Å²) in [7, 11) is 0. The molecule has 1 saturated heterocycles. The van der Waals surface area contributed by atoms with Crippen LogP contribution in [0.4, 0.5) is 5.69 Å². The third-order valence-electron chi connectivity index (χ3n) is 3.73. The van der Waals surface area contributed by atoms with Crippen molar-refractivity contribution in [3.05, 3.63) is 42.7 Å². The van der Waals surface area contributed by atoms with Gasteiger partial charge in [-0.2, -0.15) is 0 Å². The Hall–Kier alpha value is -1.88. The Bertz CT molecular complexity index is 526. The predicted molar refractivity (Wildman–Crippen MR) is 72.9 cm³/mol. The van der Waals surface area contributed by atoms with Gasteiger partial charge in [-0.3, -0.25) is 4.98 Å². The molecule has 3 rings (SSSR count). The van der Waals surface area contributed by atoms with Gasteiger partial charge in [0.1, 0.15) is 0 Å². The van der Waals surface area contributed by atoms with Gasteiger partial charge >= 0.3 is 0 Å². The number of aliphatic hydroxyl groups excluding tert-OH is 1. The fraction of sp³-hybridized carbons (Fsp3) is 0.429. The van der Waals surface area contributed by atoms with Gasteiger partial charge in [0.15, 0.2) is 0 Å². The maximum atomic E-state index is 9.42. The predicted octanol–water partition coefficient (Wildman–Crippen LogP) is 1.61. The minimum Gasteiger partial charge on any atom is -0.392 e. The van der Waals surface area contributed by atoms with E-state index < -0.39 is 0 Å². The highest BCUT2D eigenvalue weighted by atomic mass is 16.3. The lowest BCUT2D eigenvalue weighted by Crippen LogP contribution is -2.36. The zero-order valence-electron chi connectivity index (χ0n) is 10.8. The summed E-state index contributed by atoms with van der Waals surface area (Å²) >= 11 is 0. The quantitative estimate of drug-likeness (QED) is 0.908. The van der Waals surface area contributed by atoms with Crippen molar-refractivity contribution in [3.63, 3.8) is 0 Å². The second-order valence-electron chi connectivity index (χ2n) is 4.91. The molecule has 1 N–H and O–H groups in total. The van der Waals surface area contributed by atoms with Gasteiger partial charge in [-0.25, -0.2) is 4.98 Å². The van der Waals surface area contributed by atoms with Crippen LogP contribution in [0.2, 0.25) is 0 Å². The first-order valence-electron chi connectivity index (χ1n) is 6.64. The molecule has 3 heterocycles. The van der Waals surface area contributed by atoms with Crippen LogP contribution in [-0.4, -0.2) is 32.7 Å². The summed E-state index contributed by atoms with van der Waals surface area (Å²) in [4.78, 5) is 10.5. The van der Waals surface area contributed by atoms with E-state index in [1.54, 1.807) is 12.4 Å². The molecule has 1 aliphatic heterocycles. The van der Waals surface area contributed by atoms with Crippen LogP contribution in [0.25, 0.3) is 0 Å². The van der Waals surface area contributed by atoms with Gasteiger partial charge < -0.3 is 14.6 Å². The average molecular weight is 258 g/mol. The first-order valence-corrected chi connectivity index (χ1v) is 6.64. The van der Waals surface area contributed by atoms with Crippen LogP contribution in [0.5, 0.6) is 0 Å². The highest BCUT2D eigenvalue weighted by Crippen LogP contribution is 2.28. The normalized spacial score (nSPS) is 19.6. The second kappa shape index (κ2) is 5.40. The number of piperidine rings is 1. The van der Waals surface area contributed by atoms with E-state index in [9.17, 15) is 5.11 Å². The summed E-state index contributed by atoms with van der Waals surface area (Å²) in [5.74, 6) is 0. The van der Waals surface area contributed by atoms with Crippen LogP contribution in [0.15, 0.2) is 37.2 Å². The molecular formula is C14H18N4O. The Kier molecular flexibility index (Phi) is 3.46. The topological polar surface area (TPSA) is 54.2 Å². The maximum absolute atomic E-state index is 9.42. The van der Waals surface area contributed by atoms with E-state index in [1.165, 1.54) is 6.42 Å². The van der Waals surface area contributed by atoms with E-state index in [2.05, 4.69) is 19.4 Å². The highest BCUT2D eigenvalue weighted by molar-refractivity contribution is 5.52. The third-order valence-corrected chi connectivity index (χ3v) is 3.73. The molecule has 1 aliphatic rings. The molecule has 0 aliphatic carbocycles. The van der Waals surface area contributed by atoms with E-state index in [0.717, 1.165) is 30.8 Å². The molecule has 2 aromatic rings. The van der Waals surface area contributed by atoms with Crippen molar-refractivity contribution in [1.82, 2.24) is 14.5 Å². The minimum atomic E-state index is 0.0371. The van der Waals surface area contributed by atoms with E-state index in [4.69, 9.17) is 0 Å². The van der Waals surface area contributed by atoms with Crippen LogP contribution < -0.4 is 4.90 Å². The number of aliphatic hydroxyl groups is 1. The Morgan fingerprint density at radius 1 is 1.32 bits per heavy atom. The van der Waals surface area contributed by atoms with Gasteiger partial charge in [-0.05, 0) is 18.9 Å². The lowest BCUT2D eigenvalue weighted by Gasteiger charge is -2.35. The highest BCUT2D eigenvalue weighted by Gasteiger charge is 2.22. The summed E-state index contributed by atoms with van der Waals surface area (Å²) in [6, 6.07) is 2.44. The van der Waals surface area contributed by atoms with Crippen LogP contribution in [0.1, 0.15) is 24.4 Å². The van der Waals surface area contributed by atoms with E-state index in [-0.39, 0.29) is 6.61 Å². The van der Waals surface area contributed by atoms with Gasteiger partial charge in [-0.15, -0.1) is 0 Å². The third kappa shape index (κ3) is 2.46. The number of aromatic nitrogens is 3. The van der Waals surface area contributed by atoms with Gasteiger partial charge in [0, 0.05) is 49.1 Å². The van der Waals surface area contributed by atoms with E-state index >= 15 is 0 Å². The molecule has 1 unspecified atom stereocenters. The van der Waals surface area contributed by atoms with Crippen LogP contribution in [0.3, 0.4) is 0 Å². The number of pyridine rings is 1. The van der Waals surface area contributed by atoms with Crippen molar-refractivity contribution < 1.29 is 5.11 Å². The number of rotatable bonds is 3. The van der Waals surface area contributed by atoms with Crippen molar-refractivity contribution in [2.75, 3.05) is 18.0 Å². The van der Waals surface area contributed by atoms with Crippen molar-refractivity contribution in [2.24, 2.45) is 0 Å². The Morgan fingerprint density at radius 2 is 2.26 bits per heavy atom.